The highest BCUT2D eigenvalue weighted by Crippen LogP contribution is 2.30. The van der Waals surface area contributed by atoms with Gasteiger partial charge in [-0.1, -0.05) is 29.8 Å². The summed E-state index contributed by atoms with van der Waals surface area (Å²) in [6.07, 6.45) is 2.21. The molecule has 0 aromatic heterocycles. The summed E-state index contributed by atoms with van der Waals surface area (Å²) >= 11 is 1.67. The van der Waals surface area contributed by atoms with Crippen LogP contribution in [0, 0.1) is 6.92 Å². The molecule has 1 unspecified atom stereocenters. The second kappa shape index (κ2) is 6.54. The Labute approximate surface area is 130 Å². The van der Waals surface area contributed by atoms with Gasteiger partial charge in [-0.05, 0) is 49.6 Å². The Morgan fingerprint density at radius 2 is 1.95 bits per heavy atom. The molecule has 0 spiro atoms. The minimum Gasteiger partial charge on any atom is -0.490 e. The van der Waals surface area contributed by atoms with Crippen LogP contribution in [0.5, 0.6) is 5.75 Å². The van der Waals surface area contributed by atoms with Crippen LogP contribution in [-0.2, 0) is 0 Å². The van der Waals surface area contributed by atoms with Gasteiger partial charge in [0.1, 0.15) is 5.75 Å². The fourth-order valence-electron chi connectivity index (χ4n) is 2.08. The molecule has 2 aromatic rings. The first-order valence-electron chi connectivity index (χ1n) is 7.35. The van der Waals surface area contributed by atoms with Crippen LogP contribution in [0.3, 0.4) is 0 Å². The number of aryl methyl sites for hydroxylation is 1. The van der Waals surface area contributed by atoms with Gasteiger partial charge in [0.25, 0.3) is 0 Å². The fourth-order valence-corrected chi connectivity index (χ4v) is 2.95. The zero-order valence-electron chi connectivity index (χ0n) is 12.2. The number of ether oxygens (including phenoxy) is 1. The summed E-state index contributed by atoms with van der Waals surface area (Å²) in [6, 6.07) is 16.2. The highest BCUT2D eigenvalue weighted by molar-refractivity contribution is 7.99. The van der Waals surface area contributed by atoms with Crippen LogP contribution in [-0.4, -0.2) is 17.0 Å². The van der Waals surface area contributed by atoms with E-state index in [1.54, 1.807) is 11.8 Å². The Morgan fingerprint density at radius 3 is 2.67 bits per heavy atom. The van der Waals surface area contributed by atoms with E-state index in [9.17, 15) is 5.11 Å². The summed E-state index contributed by atoms with van der Waals surface area (Å²) < 4.78 is 5.77. The topological polar surface area (TPSA) is 29.5 Å². The summed E-state index contributed by atoms with van der Waals surface area (Å²) in [5.41, 5.74) is 2.18. The summed E-state index contributed by atoms with van der Waals surface area (Å²) in [7, 11) is 0. The van der Waals surface area contributed by atoms with Gasteiger partial charge < -0.3 is 9.84 Å². The van der Waals surface area contributed by atoms with E-state index in [1.165, 1.54) is 10.5 Å². The standard InChI is InChI=1S/C18H20O2S/c1-13-5-9-17(10-6-13)21-12-18(19)14-3-2-4-16(11-14)20-15-7-8-15/h2-6,9-11,15,18-19H,7-8,12H2,1H3. The monoisotopic (exact) mass is 300 g/mol. The smallest absolute Gasteiger partial charge is 0.120 e. The van der Waals surface area contributed by atoms with Gasteiger partial charge >= 0.3 is 0 Å². The number of aliphatic hydroxyl groups is 1. The Morgan fingerprint density at radius 1 is 1.19 bits per heavy atom. The number of hydrogen-bond acceptors (Lipinski definition) is 3. The predicted octanol–water partition coefficient (Wildman–Crippen LogP) is 4.36. The van der Waals surface area contributed by atoms with Gasteiger partial charge in [0.15, 0.2) is 0 Å². The van der Waals surface area contributed by atoms with Crippen molar-refractivity contribution < 1.29 is 9.84 Å². The number of thioether (sulfide) groups is 1. The molecular formula is C18H20O2S. The van der Waals surface area contributed by atoms with E-state index in [-0.39, 0.29) is 0 Å². The molecule has 1 saturated carbocycles. The Bertz CT molecular complexity index is 590. The molecule has 2 aromatic carbocycles. The average molecular weight is 300 g/mol. The lowest BCUT2D eigenvalue weighted by atomic mass is 10.1. The normalized spacial score (nSPS) is 15.7. The van der Waals surface area contributed by atoms with Gasteiger partial charge in [0.2, 0.25) is 0 Å². The molecule has 3 heteroatoms. The van der Waals surface area contributed by atoms with Crippen molar-refractivity contribution in [3.8, 4) is 5.75 Å². The minimum atomic E-state index is -0.473. The molecule has 1 atom stereocenters. The molecule has 2 nitrogen and oxygen atoms in total. The van der Waals surface area contributed by atoms with Crippen molar-refractivity contribution in [1.29, 1.82) is 0 Å². The van der Waals surface area contributed by atoms with Crippen molar-refractivity contribution in [3.05, 3.63) is 59.7 Å². The third-order valence-corrected chi connectivity index (χ3v) is 4.59. The molecule has 3 rings (SSSR count). The van der Waals surface area contributed by atoms with Crippen LogP contribution >= 0.6 is 11.8 Å². The van der Waals surface area contributed by atoms with Gasteiger partial charge in [-0.15, -0.1) is 11.8 Å². The van der Waals surface area contributed by atoms with Crippen molar-refractivity contribution in [2.45, 2.75) is 36.9 Å². The average Bonchev–Trinajstić information content (AvgIpc) is 3.30. The maximum absolute atomic E-state index is 10.3. The summed E-state index contributed by atoms with van der Waals surface area (Å²) in [5.74, 6) is 1.52. The quantitative estimate of drug-likeness (QED) is 0.804. The molecule has 0 bridgehead atoms. The summed E-state index contributed by atoms with van der Waals surface area (Å²) in [4.78, 5) is 1.19. The van der Waals surface area contributed by atoms with E-state index in [0.717, 1.165) is 24.2 Å². The van der Waals surface area contributed by atoms with E-state index in [1.807, 2.05) is 24.3 Å². The van der Waals surface area contributed by atoms with Crippen LogP contribution in [0.2, 0.25) is 0 Å². The van der Waals surface area contributed by atoms with Gasteiger partial charge in [-0.2, -0.15) is 0 Å². The number of aliphatic hydroxyl groups excluding tert-OH is 1. The highest BCUT2D eigenvalue weighted by atomic mass is 32.2. The number of rotatable bonds is 6. The third-order valence-electron chi connectivity index (χ3n) is 3.50. The van der Waals surface area contributed by atoms with Crippen molar-refractivity contribution in [2.75, 3.05) is 5.75 Å². The largest absolute Gasteiger partial charge is 0.490 e. The zero-order chi connectivity index (χ0) is 14.7. The van der Waals surface area contributed by atoms with Crippen molar-refractivity contribution in [2.24, 2.45) is 0 Å². The van der Waals surface area contributed by atoms with Crippen LogP contribution in [0.1, 0.15) is 30.1 Å². The SMILES string of the molecule is Cc1ccc(SCC(O)c2cccc(OC3CC3)c2)cc1. The van der Waals surface area contributed by atoms with E-state index in [2.05, 4.69) is 31.2 Å². The van der Waals surface area contributed by atoms with Gasteiger partial charge in [-0.3, -0.25) is 0 Å². The predicted molar refractivity (Wildman–Crippen MR) is 87.0 cm³/mol. The zero-order valence-corrected chi connectivity index (χ0v) is 13.0. The lowest BCUT2D eigenvalue weighted by molar-refractivity contribution is 0.203. The Hall–Kier alpha value is -1.45. The van der Waals surface area contributed by atoms with E-state index < -0.39 is 6.10 Å². The second-order valence-electron chi connectivity index (χ2n) is 5.53. The van der Waals surface area contributed by atoms with Crippen LogP contribution in [0.15, 0.2) is 53.4 Å². The highest BCUT2D eigenvalue weighted by Gasteiger charge is 2.23. The molecule has 0 radical (unpaired) electrons. The van der Waals surface area contributed by atoms with Crippen molar-refractivity contribution >= 4 is 11.8 Å². The Balaban J connectivity index is 1.58. The van der Waals surface area contributed by atoms with Crippen LogP contribution in [0.25, 0.3) is 0 Å². The molecule has 1 fully saturated rings. The molecule has 0 aliphatic heterocycles. The second-order valence-corrected chi connectivity index (χ2v) is 6.62. The van der Waals surface area contributed by atoms with Gasteiger partial charge in [0.05, 0.1) is 12.2 Å². The lowest BCUT2D eigenvalue weighted by Crippen LogP contribution is -2.02. The molecule has 0 saturated heterocycles. The summed E-state index contributed by atoms with van der Waals surface area (Å²) in [5, 5.41) is 10.3. The van der Waals surface area contributed by atoms with Gasteiger partial charge in [0, 0.05) is 10.6 Å². The first-order chi connectivity index (χ1) is 10.2. The van der Waals surface area contributed by atoms with Crippen LogP contribution in [0.4, 0.5) is 0 Å². The third kappa shape index (κ3) is 4.26. The fraction of sp³-hybridized carbons (Fsp3) is 0.333. The van der Waals surface area contributed by atoms with Crippen LogP contribution < -0.4 is 4.74 Å². The van der Waals surface area contributed by atoms with Gasteiger partial charge in [-0.25, -0.2) is 0 Å². The molecule has 21 heavy (non-hydrogen) atoms. The maximum Gasteiger partial charge on any atom is 0.120 e. The van der Waals surface area contributed by atoms with E-state index in [0.29, 0.717) is 11.9 Å². The molecule has 110 valence electrons. The molecular weight excluding hydrogens is 280 g/mol. The summed E-state index contributed by atoms with van der Waals surface area (Å²) in [6.45, 7) is 2.08. The van der Waals surface area contributed by atoms with E-state index in [4.69, 9.17) is 4.74 Å². The van der Waals surface area contributed by atoms with Crippen molar-refractivity contribution in [3.63, 3.8) is 0 Å². The maximum atomic E-state index is 10.3. The molecule has 0 amide bonds. The molecule has 1 N–H and O–H groups in total. The first kappa shape index (κ1) is 14.5. The number of benzene rings is 2. The van der Waals surface area contributed by atoms with Crippen molar-refractivity contribution in [1.82, 2.24) is 0 Å². The molecule has 1 aliphatic carbocycles. The molecule has 1 aliphatic rings. The molecule has 0 heterocycles. The number of hydrogen-bond donors (Lipinski definition) is 1. The Kier molecular flexibility index (Phi) is 4.51. The lowest BCUT2D eigenvalue weighted by Gasteiger charge is -2.12. The minimum absolute atomic E-state index is 0.388. The van der Waals surface area contributed by atoms with E-state index >= 15 is 0 Å². The first-order valence-corrected chi connectivity index (χ1v) is 8.33.